The van der Waals surface area contributed by atoms with Gasteiger partial charge < -0.3 is 5.32 Å². The lowest BCUT2D eigenvalue weighted by atomic mass is 10.1. The minimum Gasteiger partial charge on any atom is -0.352 e. The van der Waals surface area contributed by atoms with E-state index in [9.17, 15) is 4.79 Å². The highest BCUT2D eigenvalue weighted by molar-refractivity contribution is 9.10. The lowest BCUT2D eigenvalue weighted by Gasteiger charge is -2.09. The van der Waals surface area contributed by atoms with Crippen LogP contribution in [0.1, 0.15) is 18.5 Å². The monoisotopic (exact) mass is 227 g/mol. The average molecular weight is 228 g/mol. The average Bonchev–Trinajstić information content (AvgIpc) is 2.05. The van der Waals surface area contributed by atoms with Gasteiger partial charge in [-0.05, 0) is 24.6 Å². The third-order valence-electron chi connectivity index (χ3n) is 1.67. The van der Waals surface area contributed by atoms with Gasteiger partial charge in [-0.15, -0.1) is 0 Å². The van der Waals surface area contributed by atoms with Gasteiger partial charge in [-0.3, -0.25) is 4.79 Å². The molecule has 1 N–H and O–H groups in total. The van der Waals surface area contributed by atoms with Crippen molar-refractivity contribution < 1.29 is 4.79 Å². The molecule has 0 spiro atoms. The Kier molecular flexibility index (Phi) is 3.29. The van der Waals surface area contributed by atoms with Crippen LogP contribution >= 0.6 is 15.9 Å². The summed E-state index contributed by atoms with van der Waals surface area (Å²) in [5.74, 6) is 0. The first-order valence-electron chi connectivity index (χ1n) is 3.69. The van der Waals surface area contributed by atoms with E-state index in [4.69, 9.17) is 0 Å². The summed E-state index contributed by atoms with van der Waals surface area (Å²) >= 11 is 3.37. The van der Waals surface area contributed by atoms with Crippen LogP contribution in [-0.2, 0) is 4.79 Å². The van der Waals surface area contributed by atoms with Crippen molar-refractivity contribution in [1.29, 1.82) is 0 Å². The van der Waals surface area contributed by atoms with E-state index in [-0.39, 0.29) is 6.04 Å². The molecule has 0 aliphatic rings. The molecule has 1 aromatic rings. The van der Waals surface area contributed by atoms with E-state index >= 15 is 0 Å². The maximum atomic E-state index is 10.2. The molecule has 0 unspecified atom stereocenters. The zero-order valence-electron chi connectivity index (χ0n) is 6.75. The van der Waals surface area contributed by atoms with Gasteiger partial charge in [0, 0.05) is 4.47 Å². The van der Waals surface area contributed by atoms with Gasteiger partial charge in [0.1, 0.15) is 0 Å². The Hall–Kier alpha value is -0.830. The second kappa shape index (κ2) is 4.26. The maximum Gasteiger partial charge on any atom is 0.207 e. The number of nitrogens with one attached hydrogen (secondary N) is 1. The number of hydrogen-bond donors (Lipinski definition) is 1. The standard InChI is InChI=1S/C9H10BrNO/c1-7(11-6-12)8-3-2-4-9(10)5-8/h2-7H,1H3,(H,11,12)/t7-/m1/s1. The molecule has 3 heteroatoms. The summed E-state index contributed by atoms with van der Waals surface area (Å²) in [5.41, 5.74) is 1.09. The van der Waals surface area contributed by atoms with Crippen molar-refractivity contribution in [2.75, 3.05) is 0 Å². The van der Waals surface area contributed by atoms with E-state index in [1.807, 2.05) is 31.2 Å². The molecule has 1 amide bonds. The Morgan fingerprint density at radius 2 is 2.33 bits per heavy atom. The summed E-state index contributed by atoms with van der Waals surface area (Å²) in [6.45, 7) is 1.94. The number of halogens is 1. The summed E-state index contributed by atoms with van der Waals surface area (Å²) in [6, 6.07) is 7.94. The van der Waals surface area contributed by atoms with Crippen molar-refractivity contribution in [3.05, 3.63) is 34.3 Å². The molecule has 1 aromatic carbocycles. The molecular formula is C9H10BrNO. The van der Waals surface area contributed by atoms with Gasteiger partial charge >= 0.3 is 0 Å². The molecule has 0 aromatic heterocycles. The van der Waals surface area contributed by atoms with Gasteiger partial charge in [-0.25, -0.2) is 0 Å². The molecule has 0 aliphatic heterocycles. The third-order valence-corrected chi connectivity index (χ3v) is 2.16. The fourth-order valence-electron chi connectivity index (χ4n) is 0.974. The minimum atomic E-state index is 0.0694. The third kappa shape index (κ3) is 2.34. The van der Waals surface area contributed by atoms with Gasteiger partial charge in [-0.2, -0.15) is 0 Å². The van der Waals surface area contributed by atoms with Crippen LogP contribution < -0.4 is 5.32 Å². The summed E-state index contributed by atoms with van der Waals surface area (Å²) in [4.78, 5) is 10.2. The van der Waals surface area contributed by atoms with Gasteiger partial charge in [0.2, 0.25) is 6.41 Å². The molecule has 0 radical (unpaired) electrons. The maximum absolute atomic E-state index is 10.2. The van der Waals surface area contributed by atoms with Crippen LogP contribution in [0.5, 0.6) is 0 Å². The Bertz CT molecular complexity index is 275. The fraction of sp³-hybridized carbons (Fsp3) is 0.222. The van der Waals surface area contributed by atoms with E-state index in [0.717, 1.165) is 10.0 Å². The molecule has 12 heavy (non-hydrogen) atoms. The molecule has 2 nitrogen and oxygen atoms in total. The van der Waals surface area contributed by atoms with Gasteiger partial charge in [0.15, 0.2) is 0 Å². The van der Waals surface area contributed by atoms with Crippen LogP contribution in [0, 0.1) is 0 Å². The molecule has 0 fully saturated rings. The lowest BCUT2D eigenvalue weighted by molar-refractivity contribution is -0.110. The van der Waals surface area contributed by atoms with Crippen molar-refractivity contribution in [3.63, 3.8) is 0 Å². The Morgan fingerprint density at radius 3 is 2.92 bits per heavy atom. The number of hydrogen-bond acceptors (Lipinski definition) is 1. The van der Waals surface area contributed by atoms with E-state index in [2.05, 4.69) is 21.2 Å². The van der Waals surface area contributed by atoms with Gasteiger partial charge in [-0.1, -0.05) is 28.1 Å². The fourth-order valence-corrected chi connectivity index (χ4v) is 1.39. The summed E-state index contributed by atoms with van der Waals surface area (Å²) < 4.78 is 1.03. The highest BCUT2D eigenvalue weighted by atomic mass is 79.9. The molecule has 1 atom stereocenters. The van der Waals surface area contributed by atoms with E-state index in [0.29, 0.717) is 6.41 Å². The molecule has 0 heterocycles. The van der Waals surface area contributed by atoms with Crippen molar-refractivity contribution in [3.8, 4) is 0 Å². The van der Waals surface area contributed by atoms with Crippen LogP contribution in [0.2, 0.25) is 0 Å². The highest BCUT2D eigenvalue weighted by Gasteiger charge is 2.02. The molecular weight excluding hydrogens is 218 g/mol. The molecule has 1 rings (SSSR count). The number of rotatable bonds is 3. The number of carbonyl (C=O) groups excluding carboxylic acids is 1. The molecule has 0 bridgehead atoms. The van der Waals surface area contributed by atoms with E-state index in [1.165, 1.54) is 0 Å². The Balaban J connectivity index is 2.80. The number of amides is 1. The first-order valence-corrected chi connectivity index (χ1v) is 4.48. The van der Waals surface area contributed by atoms with Crippen molar-refractivity contribution in [1.82, 2.24) is 5.32 Å². The van der Waals surface area contributed by atoms with Crippen molar-refractivity contribution >= 4 is 22.3 Å². The van der Waals surface area contributed by atoms with Crippen molar-refractivity contribution in [2.24, 2.45) is 0 Å². The highest BCUT2D eigenvalue weighted by Crippen LogP contribution is 2.16. The Labute approximate surface area is 80.1 Å². The van der Waals surface area contributed by atoms with Crippen LogP contribution in [-0.4, -0.2) is 6.41 Å². The smallest absolute Gasteiger partial charge is 0.207 e. The SMILES string of the molecule is C[C@@H](NC=O)c1cccc(Br)c1. The lowest BCUT2D eigenvalue weighted by Crippen LogP contribution is -2.15. The zero-order chi connectivity index (χ0) is 8.97. The normalized spacial score (nSPS) is 12.2. The quantitative estimate of drug-likeness (QED) is 0.790. The minimum absolute atomic E-state index is 0.0694. The predicted molar refractivity (Wildman–Crippen MR) is 51.8 cm³/mol. The first kappa shape index (κ1) is 9.26. The number of benzene rings is 1. The molecule has 64 valence electrons. The predicted octanol–water partition coefficient (Wildman–Crippen LogP) is 2.26. The molecule has 0 aliphatic carbocycles. The van der Waals surface area contributed by atoms with Gasteiger partial charge in [0.05, 0.1) is 6.04 Å². The van der Waals surface area contributed by atoms with Crippen LogP contribution in [0.15, 0.2) is 28.7 Å². The van der Waals surface area contributed by atoms with Crippen LogP contribution in [0.3, 0.4) is 0 Å². The molecule has 0 saturated carbocycles. The zero-order valence-corrected chi connectivity index (χ0v) is 8.34. The second-order valence-electron chi connectivity index (χ2n) is 2.56. The number of carbonyl (C=O) groups is 1. The summed E-state index contributed by atoms with van der Waals surface area (Å²) in [5, 5.41) is 2.69. The van der Waals surface area contributed by atoms with E-state index in [1.54, 1.807) is 0 Å². The summed E-state index contributed by atoms with van der Waals surface area (Å²) in [6.07, 6.45) is 0.714. The largest absolute Gasteiger partial charge is 0.352 e. The van der Waals surface area contributed by atoms with E-state index < -0.39 is 0 Å². The van der Waals surface area contributed by atoms with Crippen molar-refractivity contribution in [2.45, 2.75) is 13.0 Å². The van der Waals surface area contributed by atoms with Crippen LogP contribution in [0.4, 0.5) is 0 Å². The topological polar surface area (TPSA) is 29.1 Å². The Morgan fingerprint density at radius 1 is 1.58 bits per heavy atom. The van der Waals surface area contributed by atoms with Gasteiger partial charge in [0.25, 0.3) is 0 Å². The summed E-state index contributed by atoms with van der Waals surface area (Å²) in [7, 11) is 0. The van der Waals surface area contributed by atoms with Crippen LogP contribution in [0.25, 0.3) is 0 Å². The first-order chi connectivity index (χ1) is 5.74. The second-order valence-corrected chi connectivity index (χ2v) is 3.48. The molecule has 0 saturated heterocycles.